The molecule has 2 N–H and O–H groups in total. The molecule has 0 bridgehead atoms. The minimum atomic E-state index is 0.444. The molecule has 1 aliphatic heterocycles. The molecule has 0 saturated carbocycles. The quantitative estimate of drug-likeness (QED) is 0.865. The van der Waals surface area contributed by atoms with Crippen LogP contribution in [0.3, 0.4) is 0 Å². The van der Waals surface area contributed by atoms with Crippen molar-refractivity contribution in [3.05, 3.63) is 16.1 Å². The fourth-order valence-corrected chi connectivity index (χ4v) is 3.08. The topological polar surface area (TPSA) is 45.4 Å². The third kappa shape index (κ3) is 3.75. The monoisotopic (exact) mass is 268 g/mol. The van der Waals surface area contributed by atoms with Crippen LogP contribution in [-0.4, -0.2) is 61.1 Å². The maximum Gasteiger partial charge on any atom is 0.0940 e. The summed E-state index contributed by atoms with van der Waals surface area (Å²) in [4.78, 5) is 10.8. The van der Waals surface area contributed by atoms with Gasteiger partial charge in [-0.25, -0.2) is 4.98 Å². The molecular formula is C13H24N4S. The molecule has 2 rings (SSSR count). The van der Waals surface area contributed by atoms with Gasteiger partial charge in [0.2, 0.25) is 0 Å². The second-order valence-electron chi connectivity index (χ2n) is 5.19. The minimum absolute atomic E-state index is 0.444. The van der Waals surface area contributed by atoms with E-state index < -0.39 is 0 Å². The molecule has 0 aromatic carbocycles. The Labute approximate surface area is 114 Å². The third-order valence-corrected chi connectivity index (χ3v) is 4.94. The lowest BCUT2D eigenvalue weighted by atomic mass is 10.2. The number of hydrogen-bond acceptors (Lipinski definition) is 5. The molecule has 1 saturated heterocycles. The van der Waals surface area contributed by atoms with Crippen LogP contribution in [0.15, 0.2) is 6.20 Å². The molecule has 1 aliphatic rings. The highest BCUT2D eigenvalue weighted by Gasteiger charge is 2.14. The van der Waals surface area contributed by atoms with Crippen molar-refractivity contribution in [1.29, 1.82) is 0 Å². The van der Waals surface area contributed by atoms with E-state index in [0.29, 0.717) is 12.5 Å². The lowest BCUT2D eigenvalue weighted by Crippen LogP contribution is -2.45. The highest BCUT2D eigenvalue weighted by Crippen LogP contribution is 2.22. The Hall–Kier alpha value is -0.490. The van der Waals surface area contributed by atoms with Gasteiger partial charge in [0, 0.05) is 56.1 Å². The summed E-state index contributed by atoms with van der Waals surface area (Å²) in [5.74, 6) is 0.444. The molecule has 0 spiro atoms. The molecule has 1 unspecified atom stereocenters. The Balaban J connectivity index is 1.78. The smallest absolute Gasteiger partial charge is 0.0940 e. The summed E-state index contributed by atoms with van der Waals surface area (Å²) in [6.45, 7) is 8.76. The Morgan fingerprint density at radius 1 is 1.39 bits per heavy atom. The predicted octanol–water partition coefficient (Wildman–Crippen LogP) is 0.995. The molecule has 0 amide bonds. The van der Waals surface area contributed by atoms with Gasteiger partial charge in [0.15, 0.2) is 0 Å². The summed E-state index contributed by atoms with van der Waals surface area (Å²) in [6, 6.07) is 0. The zero-order chi connectivity index (χ0) is 13.0. The van der Waals surface area contributed by atoms with Crippen LogP contribution in [0.1, 0.15) is 22.7 Å². The highest BCUT2D eigenvalue weighted by atomic mass is 32.1. The summed E-state index contributed by atoms with van der Waals surface area (Å²) in [5.41, 5.74) is 5.68. The normalized spacial score (nSPS) is 20.2. The summed E-state index contributed by atoms with van der Waals surface area (Å²) in [7, 11) is 2.19. The Bertz CT molecular complexity index is 358. The van der Waals surface area contributed by atoms with Crippen LogP contribution in [-0.2, 0) is 6.42 Å². The molecule has 102 valence electrons. The number of hydrogen-bond donors (Lipinski definition) is 1. The van der Waals surface area contributed by atoms with Gasteiger partial charge in [-0.15, -0.1) is 11.3 Å². The van der Waals surface area contributed by atoms with Crippen molar-refractivity contribution in [2.75, 3.05) is 46.3 Å². The second-order valence-corrected chi connectivity index (χ2v) is 6.33. The van der Waals surface area contributed by atoms with E-state index in [-0.39, 0.29) is 0 Å². The second kappa shape index (κ2) is 6.61. The van der Waals surface area contributed by atoms with E-state index >= 15 is 0 Å². The zero-order valence-corrected chi connectivity index (χ0v) is 12.2. The van der Waals surface area contributed by atoms with Gasteiger partial charge < -0.3 is 15.5 Å². The number of rotatable bonds is 5. The van der Waals surface area contributed by atoms with Gasteiger partial charge in [0.1, 0.15) is 0 Å². The van der Waals surface area contributed by atoms with Gasteiger partial charge in [-0.2, -0.15) is 0 Å². The van der Waals surface area contributed by atoms with E-state index in [1.807, 2.05) is 17.5 Å². The van der Waals surface area contributed by atoms with Crippen molar-refractivity contribution in [2.24, 2.45) is 5.73 Å². The van der Waals surface area contributed by atoms with Crippen molar-refractivity contribution < 1.29 is 0 Å². The Morgan fingerprint density at radius 2 is 2.11 bits per heavy atom. The maximum absolute atomic E-state index is 5.68. The van der Waals surface area contributed by atoms with Crippen molar-refractivity contribution in [3.8, 4) is 0 Å². The van der Waals surface area contributed by atoms with Gasteiger partial charge in [0.25, 0.3) is 0 Å². The largest absolute Gasteiger partial charge is 0.330 e. The Morgan fingerprint density at radius 3 is 2.78 bits per heavy atom. The molecule has 18 heavy (non-hydrogen) atoms. The van der Waals surface area contributed by atoms with Gasteiger partial charge in [-0.05, 0) is 13.6 Å². The van der Waals surface area contributed by atoms with Crippen LogP contribution in [0.2, 0.25) is 0 Å². The van der Waals surface area contributed by atoms with E-state index in [1.165, 1.54) is 36.1 Å². The first-order chi connectivity index (χ1) is 8.69. The van der Waals surface area contributed by atoms with Crippen LogP contribution in [0.25, 0.3) is 0 Å². The van der Waals surface area contributed by atoms with Gasteiger partial charge in [0.05, 0.1) is 5.01 Å². The van der Waals surface area contributed by atoms with Crippen molar-refractivity contribution in [3.63, 3.8) is 0 Å². The molecule has 1 aromatic heterocycles. The van der Waals surface area contributed by atoms with Gasteiger partial charge in [-0.3, -0.25) is 0 Å². The van der Waals surface area contributed by atoms with E-state index in [9.17, 15) is 0 Å². The average molecular weight is 268 g/mol. The third-order valence-electron chi connectivity index (χ3n) is 3.65. The standard InChI is InChI=1S/C13H24N4S/c1-11(9-14)12-10-15-13(18-12)3-4-17-7-5-16(2)6-8-17/h10-11H,3-9,14H2,1-2H3. The van der Waals surface area contributed by atoms with Crippen LogP contribution < -0.4 is 5.73 Å². The molecule has 1 aromatic rings. The molecule has 0 aliphatic carbocycles. The summed E-state index contributed by atoms with van der Waals surface area (Å²) in [5, 5.41) is 1.25. The lowest BCUT2D eigenvalue weighted by Gasteiger charge is -2.32. The number of thiazole rings is 1. The molecule has 1 fully saturated rings. The van der Waals surface area contributed by atoms with E-state index in [4.69, 9.17) is 5.73 Å². The molecular weight excluding hydrogens is 244 g/mol. The fraction of sp³-hybridized carbons (Fsp3) is 0.769. The van der Waals surface area contributed by atoms with E-state index in [0.717, 1.165) is 13.0 Å². The molecule has 5 heteroatoms. The highest BCUT2D eigenvalue weighted by molar-refractivity contribution is 7.11. The average Bonchev–Trinajstić information content (AvgIpc) is 2.86. The van der Waals surface area contributed by atoms with Crippen LogP contribution >= 0.6 is 11.3 Å². The summed E-state index contributed by atoms with van der Waals surface area (Å²) in [6.07, 6.45) is 3.08. The van der Waals surface area contributed by atoms with E-state index in [1.54, 1.807) is 0 Å². The fourth-order valence-electron chi connectivity index (χ4n) is 2.11. The first-order valence-corrected chi connectivity index (χ1v) is 7.56. The molecule has 0 radical (unpaired) electrons. The molecule has 1 atom stereocenters. The SMILES string of the molecule is CC(CN)c1cnc(CCN2CCN(C)CC2)s1. The van der Waals surface area contributed by atoms with E-state index in [2.05, 4.69) is 28.8 Å². The zero-order valence-electron chi connectivity index (χ0n) is 11.4. The molecule has 2 heterocycles. The first kappa shape index (κ1) is 13.9. The Kier molecular flexibility index (Phi) is 5.12. The minimum Gasteiger partial charge on any atom is -0.330 e. The number of likely N-dealkylation sites (N-methyl/N-ethyl adjacent to an activating group) is 1. The van der Waals surface area contributed by atoms with Crippen molar-refractivity contribution >= 4 is 11.3 Å². The van der Waals surface area contributed by atoms with Crippen LogP contribution in [0.5, 0.6) is 0 Å². The number of piperazine rings is 1. The van der Waals surface area contributed by atoms with Crippen molar-refractivity contribution in [1.82, 2.24) is 14.8 Å². The number of nitrogens with two attached hydrogens (primary N) is 1. The van der Waals surface area contributed by atoms with Crippen molar-refractivity contribution in [2.45, 2.75) is 19.3 Å². The number of aromatic nitrogens is 1. The van der Waals surface area contributed by atoms with Gasteiger partial charge in [-0.1, -0.05) is 6.92 Å². The molecule has 4 nitrogen and oxygen atoms in total. The maximum atomic E-state index is 5.68. The van der Waals surface area contributed by atoms with Gasteiger partial charge >= 0.3 is 0 Å². The number of nitrogens with zero attached hydrogens (tertiary/aromatic N) is 3. The summed E-state index contributed by atoms with van der Waals surface area (Å²) >= 11 is 1.83. The lowest BCUT2D eigenvalue weighted by molar-refractivity contribution is 0.155. The first-order valence-electron chi connectivity index (χ1n) is 6.74. The summed E-state index contributed by atoms with van der Waals surface area (Å²) < 4.78 is 0. The van der Waals surface area contributed by atoms with Crippen LogP contribution in [0, 0.1) is 0 Å². The van der Waals surface area contributed by atoms with Crippen LogP contribution in [0.4, 0.5) is 0 Å². The predicted molar refractivity (Wildman–Crippen MR) is 77.2 cm³/mol.